The predicted molar refractivity (Wildman–Crippen MR) is 55.9 cm³/mol. The maximum atomic E-state index is 4.83. The average Bonchev–Trinajstić information content (AvgIpc) is 3.09. The molecule has 0 aromatic rings. The van der Waals surface area contributed by atoms with E-state index in [9.17, 15) is 0 Å². The Kier molecular flexibility index (Phi) is 8.17. The molecular formula is C9H19N3O3. The lowest BCUT2D eigenvalue weighted by molar-refractivity contribution is 0.168. The molecule has 0 saturated carbocycles. The Balaban J connectivity index is 0.000000112. The molecule has 0 spiro atoms. The Morgan fingerprint density at radius 3 is 1.73 bits per heavy atom. The number of nitrogens with one attached hydrogen (secondary N) is 3. The fourth-order valence-corrected chi connectivity index (χ4v) is 0.962. The summed E-state index contributed by atoms with van der Waals surface area (Å²) in [4.78, 5) is 4.51. The number of hydrogen-bond acceptors (Lipinski definition) is 6. The largest absolute Gasteiger partial charge is 0.417 e. The third-order valence-corrected chi connectivity index (χ3v) is 1.70. The van der Waals surface area contributed by atoms with E-state index in [0.717, 1.165) is 46.3 Å². The normalized spacial score (nSPS) is 22.4. The zero-order chi connectivity index (χ0) is 10.6. The maximum absolute atomic E-state index is 4.83. The van der Waals surface area contributed by atoms with Gasteiger partial charge in [-0.2, -0.15) is 5.48 Å². The Morgan fingerprint density at radius 2 is 1.60 bits per heavy atom. The first-order valence-electron chi connectivity index (χ1n) is 5.10. The topological polar surface area (TPSA) is 63.8 Å². The van der Waals surface area contributed by atoms with E-state index in [1.54, 1.807) is 6.26 Å². The number of rotatable bonds is 0. The van der Waals surface area contributed by atoms with Crippen LogP contribution < -0.4 is 16.1 Å². The molecule has 6 nitrogen and oxygen atoms in total. The van der Waals surface area contributed by atoms with Crippen molar-refractivity contribution in [2.75, 3.05) is 46.3 Å². The highest BCUT2D eigenvalue weighted by atomic mass is 16.6. The van der Waals surface area contributed by atoms with E-state index >= 15 is 0 Å². The van der Waals surface area contributed by atoms with Crippen molar-refractivity contribution >= 4 is 0 Å². The fraction of sp³-hybridized carbons (Fsp3) is 0.778. The Labute approximate surface area is 89.9 Å². The molecule has 0 amide bonds. The third-order valence-electron chi connectivity index (χ3n) is 1.70. The van der Waals surface area contributed by atoms with Crippen molar-refractivity contribution in [3.05, 3.63) is 12.3 Å². The maximum Gasteiger partial charge on any atom is 0.108 e. The highest BCUT2D eigenvalue weighted by molar-refractivity contribution is 4.78. The second kappa shape index (κ2) is 9.88. The molecule has 0 aliphatic carbocycles. The molecule has 3 heterocycles. The van der Waals surface area contributed by atoms with Crippen LogP contribution in [0.15, 0.2) is 12.3 Å². The van der Waals surface area contributed by atoms with Gasteiger partial charge in [-0.25, -0.2) is 0 Å². The van der Waals surface area contributed by atoms with Gasteiger partial charge in [0.15, 0.2) is 0 Å². The summed E-state index contributed by atoms with van der Waals surface area (Å²) in [6.07, 6.45) is 3.53. The van der Waals surface area contributed by atoms with Gasteiger partial charge in [0, 0.05) is 13.1 Å². The van der Waals surface area contributed by atoms with Crippen LogP contribution in [0.4, 0.5) is 0 Å². The quantitative estimate of drug-likeness (QED) is 0.492. The van der Waals surface area contributed by atoms with E-state index in [1.165, 1.54) is 0 Å². The number of hydroxylamine groups is 1. The minimum Gasteiger partial charge on any atom is -0.417 e. The summed E-state index contributed by atoms with van der Waals surface area (Å²) in [5, 5.41) is 6.00. The first-order chi connectivity index (χ1) is 7.50. The van der Waals surface area contributed by atoms with Crippen LogP contribution in [-0.4, -0.2) is 46.3 Å². The van der Waals surface area contributed by atoms with Crippen molar-refractivity contribution in [1.82, 2.24) is 16.1 Å². The second-order valence-corrected chi connectivity index (χ2v) is 2.94. The van der Waals surface area contributed by atoms with Crippen LogP contribution in [0.2, 0.25) is 0 Å². The van der Waals surface area contributed by atoms with Crippen LogP contribution in [0.25, 0.3) is 0 Å². The minimum absolute atomic E-state index is 0.750. The van der Waals surface area contributed by atoms with E-state index < -0.39 is 0 Å². The van der Waals surface area contributed by atoms with Crippen LogP contribution in [0.1, 0.15) is 0 Å². The smallest absolute Gasteiger partial charge is 0.108 e. The molecule has 0 aromatic carbocycles. The lowest BCUT2D eigenvalue weighted by Crippen LogP contribution is -2.05. The van der Waals surface area contributed by atoms with Gasteiger partial charge >= 0.3 is 0 Å². The van der Waals surface area contributed by atoms with Gasteiger partial charge in [0.05, 0.1) is 33.2 Å². The van der Waals surface area contributed by atoms with Crippen LogP contribution in [-0.2, 0) is 14.3 Å². The van der Waals surface area contributed by atoms with Gasteiger partial charge in [-0.15, -0.1) is 0 Å². The van der Waals surface area contributed by atoms with Crippen LogP contribution >= 0.6 is 0 Å². The molecule has 0 atom stereocenters. The minimum atomic E-state index is 0.750. The number of hydrogen-bond donors (Lipinski definition) is 3. The summed E-state index contributed by atoms with van der Waals surface area (Å²) in [7, 11) is 0. The SMILES string of the molecule is C1=CONC1.C1COCN1.C1COCN1. The summed E-state index contributed by atoms with van der Waals surface area (Å²) in [6, 6.07) is 0. The summed E-state index contributed by atoms with van der Waals surface area (Å²) in [5.74, 6) is 0. The zero-order valence-electron chi connectivity index (χ0n) is 8.83. The molecule has 15 heavy (non-hydrogen) atoms. The van der Waals surface area contributed by atoms with Gasteiger partial charge in [-0.3, -0.25) is 10.6 Å². The Bertz CT molecular complexity index is 127. The molecule has 6 heteroatoms. The molecule has 0 unspecified atom stereocenters. The fourth-order valence-electron chi connectivity index (χ4n) is 0.962. The van der Waals surface area contributed by atoms with Crippen LogP contribution in [0, 0.1) is 0 Å². The lowest BCUT2D eigenvalue weighted by Gasteiger charge is -1.82. The van der Waals surface area contributed by atoms with Crippen molar-refractivity contribution in [3.63, 3.8) is 0 Å². The van der Waals surface area contributed by atoms with Gasteiger partial charge in [0.2, 0.25) is 0 Å². The van der Waals surface area contributed by atoms with E-state index in [4.69, 9.17) is 9.47 Å². The summed E-state index contributed by atoms with van der Waals surface area (Å²) < 4.78 is 9.67. The molecule has 3 rings (SSSR count). The number of ether oxygens (including phenoxy) is 2. The predicted octanol–water partition coefficient (Wildman–Crippen LogP) is -0.838. The first kappa shape index (κ1) is 12.4. The highest BCUT2D eigenvalue weighted by Crippen LogP contribution is 1.78. The monoisotopic (exact) mass is 217 g/mol. The molecule has 2 saturated heterocycles. The zero-order valence-corrected chi connectivity index (χ0v) is 8.83. The van der Waals surface area contributed by atoms with Crippen molar-refractivity contribution in [2.45, 2.75) is 0 Å². The average molecular weight is 217 g/mol. The first-order valence-corrected chi connectivity index (χ1v) is 5.10. The van der Waals surface area contributed by atoms with Crippen molar-refractivity contribution in [3.8, 4) is 0 Å². The molecule has 3 aliphatic rings. The van der Waals surface area contributed by atoms with E-state index in [2.05, 4.69) is 21.0 Å². The van der Waals surface area contributed by atoms with Gasteiger partial charge in [0.1, 0.15) is 6.26 Å². The van der Waals surface area contributed by atoms with Crippen molar-refractivity contribution in [2.24, 2.45) is 0 Å². The van der Waals surface area contributed by atoms with E-state index in [1.807, 2.05) is 6.08 Å². The Morgan fingerprint density at radius 1 is 0.933 bits per heavy atom. The van der Waals surface area contributed by atoms with E-state index in [0.29, 0.717) is 0 Å². The molecule has 0 radical (unpaired) electrons. The molecule has 0 bridgehead atoms. The lowest BCUT2D eigenvalue weighted by atomic mass is 10.7. The third kappa shape index (κ3) is 8.34. The van der Waals surface area contributed by atoms with Crippen molar-refractivity contribution in [1.29, 1.82) is 0 Å². The van der Waals surface area contributed by atoms with Crippen molar-refractivity contribution < 1.29 is 14.3 Å². The Hall–Kier alpha value is -0.660. The van der Waals surface area contributed by atoms with Crippen LogP contribution in [0.3, 0.4) is 0 Å². The van der Waals surface area contributed by atoms with E-state index in [-0.39, 0.29) is 0 Å². The van der Waals surface area contributed by atoms with Gasteiger partial charge < -0.3 is 14.3 Å². The van der Waals surface area contributed by atoms with Gasteiger partial charge in [-0.1, -0.05) is 0 Å². The van der Waals surface area contributed by atoms with Crippen LogP contribution in [0.5, 0.6) is 0 Å². The standard InChI is InChI=1S/2C3H7NO.C3H5NO/c2*1-2-5-3-4-1;1-2-4-5-3-1/h2*4H,1-3H2;1,3-4H,2H2. The molecular weight excluding hydrogens is 198 g/mol. The molecule has 0 aromatic heterocycles. The molecule has 3 aliphatic heterocycles. The van der Waals surface area contributed by atoms with Gasteiger partial charge in [-0.05, 0) is 6.08 Å². The summed E-state index contributed by atoms with van der Waals surface area (Å²) in [6.45, 7) is 6.18. The molecule has 3 N–H and O–H groups in total. The molecule has 2 fully saturated rings. The second-order valence-electron chi connectivity index (χ2n) is 2.94. The summed E-state index contributed by atoms with van der Waals surface area (Å²) in [5.41, 5.74) is 2.61. The summed E-state index contributed by atoms with van der Waals surface area (Å²) >= 11 is 0. The highest BCUT2D eigenvalue weighted by Gasteiger charge is 1.92. The molecule has 88 valence electrons. The van der Waals surface area contributed by atoms with Gasteiger partial charge in [0.25, 0.3) is 0 Å².